The Hall–Kier alpha value is -2.71. The number of rotatable bonds is 5. The Bertz CT molecular complexity index is 1160. The van der Waals surface area contributed by atoms with Gasteiger partial charge in [-0.2, -0.15) is 0 Å². The number of hydrogen-bond acceptors (Lipinski definition) is 5. The average molecular weight is 461 g/mol. The first-order chi connectivity index (χ1) is 14.8. The van der Waals surface area contributed by atoms with Crippen LogP contribution in [0.15, 0.2) is 59.5 Å². The first kappa shape index (κ1) is 21.5. The largest absolute Gasteiger partial charge is 0.355 e. The molecule has 1 saturated heterocycles. The third-order valence-corrected chi connectivity index (χ3v) is 7.06. The minimum atomic E-state index is -3.89. The van der Waals surface area contributed by atoms with Gasteiger partial charge in [0.2, 0.25) is 0 Å². The molecule has 1 aliphatic heterocycles. The second kappa shape index (κ2) is 8.80. The lowest BCUT2D eigenvalue weighted by Gasteiger charge is -2.30. The fourth-order valence-corrected chi connectivity index (χ4v) is 4.78. The van der Waals surface area contributed by atoms with Crippen molar-refractivity contribution >= 4 is 33.1 Å². The molecule has 9 heteroatoms. The monoisotopic (exact) mass is 460 g/mol. The van der Waals surface area contributed by atoms with Crippen molar-refractivity contribution < 1.29 is 12.8 Å². The summed E-state index contributed by atoms with van der Waals surface area (Å²) in [5, 5.41) is 8.44. The van der Waals surface area contributed by atoms with Crippen LogP contribution in [0.3, 0.4) is 0 Å². The molecule has 0 atom stereocenters. The molecule has 6 nitrogen and oxygen atoms in total. The number of nitrogens with one attached hydrogen (secondary N) is 1. The number of benzene rings is 2. The fraction of sp³-hybridized carbons (Fsp3) is 0.273. The van der Waals surface area contributed by atoms with Crippen LogP contribution < -0.4 is 9.62 Å². The molecular formula is C22H22ClFN4O2S. The number of hydrogen-bond donors (Lipinski definition) is 1. The van der Waals surface area contributed by atoms with Crippen LogP contribution in [-0.4, -0.2) is 31.7 Å². The highest BCUT2D eigenvalue weighted by atomic mass is 35.5. The van der Waals surface area contributed by atoms with E-state index >= 15 is 0 Å². The van der Waals surface area contributed by atoms with E-state index in [1.54, 1.807) is 24.3 Å². The molecule has 0 bridgehead atoms. The fourth-order valence-electron chi connectivity index (χ4n) is 3.45. The highest BCUT2D eigenvalue weighted by molar-refractivity contribution is 7.92. The van der Waals surface area contributed by atoms with E-state index in [1.165, 1.54) is 0 Å². The Morgan fingerprint density at radius 2 is 1.74 bits per heavy atom. The smallest absolute Gasteiger partial charge is 0.261 e. The van der Waals surface area contributed by atoms with Crippen molar-refractivity contribution in [3.8, 4) is 11.3 Å². The summed E-state index contributed by atoms with van der Waals surface area (Å²) in [6.45, 7) is 4.25. The summed E-state index contributed by atoms with van der Waals surface area (Å²) in [5.41, 5.74) is 1.89. The third kappa shape index (κ3) is 4.97. The Balaban J connectivity index is 1.46. The second-order valence-electron chi connectivity index (χ2n) is 7.71. The Morgan fingerprint density at radius 3 is 2.35 bits per heavy atom. The molecule has 1 aliphatic rings. The lowest BCUT2D eigenvalue weighted by atomic mass is 9.99. The van der Waals surface area contributed by atoms with Crippen molar-refractivity contribution in [2.45, 2.75) is 24.7 Å². The number of anilines is 2. The topological polar surface area (TPSA) is 75.2 Å². The average Bonchev–Trinajstić information content (AvgIpc) is 2.76. The molecule has 0 unspecified atom stereocenters. The predicted molar refractivity (Wildman–Crippen MR) is 120 cm³/mol. The van der Waals surface area contributed by atoms with E-state index in [0.29, 0.717) is 11.4 Å². The molecule has 1 fully saturated rings. The molecule has 0 aliphatic carbocycles. The van der Waals surface area contributed by atoms with Gasteiger partial charge in [0.1, 0.15) is 5.82 Å². The molecule has 0 amide bonds. The SMILES string of the molecule is CC1CCN(c2ccc(-c3ccc(NS(=O)(=O)c4ccc(F)c(Cl)c4)cc3)nn2)CC1. The zero-order chi connectivity index (χ0) is 22.0. The molecule has 3 aromatic rings. The van der Waals surface area contributed by atoms with Gasteiger partial charge in [0, 0.05) is 24.3 Å². The molecule has 0 spiro atoms. The summed E-state index contributed by atoms with van der Waals surface area (Å²) in [6, 6.07) is 14.0. The number of halogens is 2. The minimum Gasteiger partial charge on any atom is -0.355 e. The van der Waals surface area contributed by atoms with Crippen LogP contribution in [0.2, 0.25) is 5.02 Å². The van der Waals surface area contributed by atoms with E-state index in [-0.39, 0.29) is 9.92 Å². The summed E-state index contributed by atoms with van der Waals surface area (Å²) in [4.78, 5) is 2.13. The summed E-state index contributed by atoms with van der Waals surface area (Å²) < 4.78 is 40.8. The van der Waals surface area contributed by atoms with Gasteiger partial charge in [0.25, 0.3) is 10.0 Å². The van der Waals surface area contributed by atoms with E-state index < -0.39 is 15.8 Å². The van der Waals surface area contributed by atoms with Crippen LogP contribution >= 0.6 is 11.6 Å². The quantitative estimate of drug-likeness (QED) is 0.581. The van der Waals surface area contributed by atoms with E-state index in [4.69, 9.17) is 11.6 Å². The number of piperidine rings is 1. The van der Waals surface area contributed by atoms with Crippen molar-refractivity contribution in [2.75, 3.05) is 22.7 Å². The Morgan fingerprint density at radius 1 is 1.03 bits per heavy atom. The molecule has 31 heavy (non-hydrogen) atoms. The van der Waals surface area contributed by atoms with Gasteiger partial charge in [-0.05, 0) is 61.2 Å². The molecule has 2 heterocycles. The van der Waals surface area contributed by atoms with Gasteiger partial charge in [-0.25, -0.2) is 12.8 Å². The van der Waals surface area contributed by atoms with Crippen molar-refractivity contribution in [1.82, 2.24) is 10.2 Å². The highest BCUT2D eigenvalue weighted by Gasteiger charge is 2.18. The van der Waals surface area contributed by atoms with Crippen LogP contribution in [0.25, 0.3) is 11.3 Å². The maximum atomic E-state index is 13.3. The van der Waals surface area contributed by atoms with Crippen LogP contribution in [0.5, 0.6) is 0 Å². The van der Waals surface area contributed by atoms with E-state index in [9.17, 15) is 12.8 Å². The second-order valence-corrected chi connectivity index (χ2v) is 9.79. The van der Waals surface area contributed by atoms with E-state index in [1.807, 2.05) is 12.1 Å². The van der Waals surface area contributed by atoms with Gasteiger partial charge < -0.3 is 4.90 Å². The molecule has 2 aromatic carbocycles. The normalized spacial score (nSPS) is 15.1. The molecule has 162 valence electrons. The minimum absolute atomic E-state index is 0.114. The number of aromatic nitrogens is 2. The van der Waals surface area contributed by atoms with Gasteiger partial charge in [0.05, 0.1) is 15.6 Å². The lowest BCUT2D eigenvalue weighted by Crippen LogP contribution is -2.33. The predicted octanol–water partition coefficient (Wildman–Crippen LogP) is 4.97. The summed E-state index contributed by atoms with van der Waals surface area (Å²) in [7, 11) is -3.89. The zero-order valence-electron chi connectivity index (χ0n) is 16.9. The number of nitrogens with zero attached hydrogens (tertiary/aromatic N) is 3. The number of sulfonamides is 1. The molecule has 4 rings (SSSR count). The molecule has 0 radical (unpaired) electrons. The third-order valence-electron chi connectivity index (χ3n) is 5.39. The van der Waals surface area contributed by atoms with Gasteiger partial charge in [-0.3, -0.25) is 4.72 Å². The van der Waals surface area contributed by atoms with Crippen molar-refractivity contribution in [1.29, 1.82) is 0 Å². The maximum Gasteiger partial charge on any atom is 0.261 e. The van der Waals surface area contributed by atoms with Crippen LogP contribution in [-0.2, 0) is 10.0 Å². The summed E-state index contributed by atoms with van der Waals surface area (Å²) in [6.07, 6.45) is 2.32. The molecular weight excluding hydrogens is 439 g/mol. The van der Waals surface area contributed by atoms with Crippen molar-refractivity contribution in [3.05, 3.63) is 65.4 Å². The van der Waals surface area contributed by atoms with Gasteiger partial charge >= 0.3 is 0 Å². The zero-order valence-corrected chi connectivity index (χ0v) is 18.5. The van der Waals surface area contributed by atoms with Crippen molar-refractivity contribution in [2.24, 2.45) is 5.92 Å². The molecule has 1 aromatic heterocycles. The lowest BCUT2D eigenvalue weighted by molar-refractivity contribution is 0.436. The van der Waals surface area contributed by atoms with Crippen LogP contribution in [0, 0.1) is 11.7 Å². The highest BCUT2D eigenvalue weighted by Crippen LogP contribution is 2.25. The molecule has 0 saturated carbocycles. The molecule has 1 N–H and O–H groups in total. The first-order valence-corrected chi connectivity index (χ1v) is 11.8. The van der Waals surface area contributed by atoms with E-state index in [0.717, 1.165) is 61.4 Å². The van der Waals surface area contributed by atoms with Crippen LogP contribution in [0.1, 0.15) is 19.8 Å². The van der Waals surface area contributed by atoms with E-state index in [2.05, 4.69) is 26.7 Å². The van der Waals surface area contributed by atoms with Crippen molar-refractivity contribution in [3.63, 3.8) is 0 Å². The standard InChI is InChI=1S/C22H22ClFN4O2S/c1-15-10-12-28(13-11-15)22-9-8-21(25-26-22)16-2-4-17(5-3-16)27-31(29,30)18-6-7-20(24)19(23)14-18/h2-9,14-15,27H,10-13H2,1H3. The maximum absolute atomic E-state index is 13.3. The van der Waals surface area contributed by atoms with Gasteiger partial charge in [-0.1, -0.05) is 30.7 Å². The van der Waals surface area contributed by atoms with Crippen LogP contribution in [0.4, 0.5) is 15.9 Å². The van der Waals surface area contributed by atoms with Gasteiger partial charge in [-0.15, -0.1) is 10.2 Å². The summed E-state index contributed by atoms with van der Waals surface area (Å²) in [5.74, 6) is 0.949. The summed E-state index contributed by atoms with van der Waals surface area (Å²) >= 11 is 5.70. The Labute approximate surface area is 186 Å². The first-order valence-electron chi connectivity index (χ1n) is 9.99. The van der Waals surface area contributed by atoms with Gasteiger partial charge in [0.15, 0.2) is 5.82 Å². The Kier molecular flexibility index (Phi) is 6.11.